The number of hydrogen-bond acceptors (Lipinski definition) is 4. The molecule has 7 nitrogen and oxygen atoms in total. The van der Waals surface area contributed by atoms with Gasteiger partial charge in [0.25, 0.3) is 10.0 Å². The summed E-state index contributed by atoms with van der Waals surface area (Å²) in [5, 5.41) is 3.27. The summed E-state index contributed by atoms with van der Waals surface area (Å²) in [5.41, 5.74) is 1.87. The molecule has 0 aliphatic heterocycles. The molecule has 0 aromatic heterocycles. The highest BCUT2D eigenvalue weighted by atomic mass is 35.5. The van der Waals surface area contributed by atoms with Gasteiger partial charge in [-0.05, 0) is 62.6 Å². The second-order valence-electron chi connectivity index (χ2n) is 9.35. The fraction of sp³-hybridized carbons (Fsp3) is 0.310. The number of carbonyl (C=O) groups is 2. The fourth-order valence-corrected chi connectivity index (χ4v) is 5.67. The summed E-state index contributed by atoms with van der Waals surface area (Å²) in [6.07, 6.45) is 0.360. The van der Waals surface area contributed by atoms with Gasteiger partial charge in [-0.2, -0.15) is 0 Å². The van der Waals surface area contributed by atoms with Gasteiger partial charge in [0, 0.05) is 17.6 Å². The highest BCUT2D eigenvalue weighted by Crippen LogP contribution is 2.28. The Morgan fingerprint density at radius 3 is 2.11 bits per heavy atom. The van der Waals surface area contributed by atoms with Crippen molar-refractivity contribution in [1.82, 2.24) is 10.2 Å². The lowest BCUT2D eigenvalue weighted by Crippen LogP contribution is -2.53. The molecule has 0 bridgehead atoms. The standard InChI is InChI=1S/C29H34ClN3O4S/c1-5-27(29(35)31-21(2)3)32(19-23-12-8-6-9-13-23)28(34)20-33(24-17-16-22(4)26(30)18-24)38(36,37)25-14-10-7-11-15-25/h6-18,21,27H,5,19-20H2,1-4H3,(H,31,35)/t27-/m1/s1. The number of nitrogens with zero attached hydrogens (tertiary/aromatic N) is 2. The Hall–Kier alpha value is -3.36. The fourth-order valence-electron chi connectivity index (χ4n) is 4.07. The monoisotopic (exact) mass is 555 g/mol. The predicted octanol–water partition coefficient (Wildman–Crippen LogP) is 5.18. The van der Waals surface area contributed by atoms with Crippen molar-refractivity contribution in [3.8, 4) is 0 Å². The quantitative estimate of drug-likeness (QED) is 0.353. The highest BCUT2D eigenvalue weighted by molar-refractivity contribution is 7.92. The molecule has 3 aromatic rings. The number of hydrogen-bond donors (Lipinski definition) is 1. The molecule has 9 heteroatoms. The molecular formula is C29H34ClN3O4S. The highest BCUT2D eigenvalue weighted by Gasteiger charge is 2.33. The van der Waals surface area contributed by atoms with Crippen LogP contribution in [0.1, 0.15) is 38.3 Å². The van der Waals surface area contributed by atoms with Gasteiger partial charge in [0.05, 0.1) is 10.6 Å². The van der Waals surface area contributed by atoms with Gasteiger partial charge in [-0.15, -0.1) is 0 Å². The van der Waals surface area contributed by atoms with Crippen molar-refractivity contribution >= 4 is 39.1 Å². The molecule has 0 fully saturated rings. The Bertz CT molecular complexity index is 1350. The average Bonchev–Trinajstić information content (AvgIpc) is 2.89. The van der Waals surface area contributed by atoms with Crippen LogP contribution in [0.15, 0.2) is 83.8 Å². The van der Waals surface area contributed by atoms with Crippen LogP contribution >= 0.6 is 11.6 Å². The van der Waals surface area contributed by atoms with Crippen LogP contribution < -0.4 is 9.62 Å². The van der Waals surface area contributed by atoms with Crippen molar-refractivity contribution in [2.45, 2.75) is 57.6 Å². The molecule has 0 spiro atoms. The number of sulfonamides is 1. The minimum atomic E-state index is -4.13. The van der Waals surface area contributed by atoms with Gasteiger partial charge in [-0.25, -0.2) is 8.42 Å². The second-order valence-corrected chi connectivity index (χ2v) is 11.6. The molecule has 0 aliphatic carbocycles. The number of anilines is 1. The van der Waals surface area contributed by atoms with Crippen LogP contribution in [0.5, 0.6) is 0 Å². The molecule has 1 atom stereocenters. The predicted molar refractivity (Wildman–Crippen MR) is 152 cm³/mol. The maximum absolute atomic E-state index is 14.0. The summed E-state index contributed by atoms with van der Waals surface area (Å²) in [6, 6.07) is 21.2. The summed E-state index contributed by atoms with van der Waals surface area (Å²) in [7, 11) is -4.13. The van der Waals surface area contributed by atoms with Gasteiger partial charge < -0.3 is 10.2 Å². The Kier molecular flexibility index (Phi) is 9.94. The normalized spacial score (nSPS) is 12.2. The van der Waals surface area contributed by atoms with Crippen LogP contribution in [0.25, 0.3) is 0 Å². The lowest BCUT2D eigenvalue weighted by Gasteiger charge is -2.33. The van der Waals surface area contributed by atoms with Gasteiger partial charge in [-0.3, -0.25) is 13.9 Å². The van der Waals surface area contributed by atoms with E-state index in [1.165, 1.54) is 23.1 Å². The van der Waals surface area contributed by atoms with Crippen molar-refractivity contribution in [1.29, 1.82) is 0 Å². The third-order valence-corrected chi connectivity index (χ3v) is 8.26. The minimum absolute atomic E-state index is 0.0451. The zero-order valence-corrected chi connectivity index (χ0v) is 23.7. The average molecular weight is 556 g/mol. The van der Waals surface area contributed by atoms with Gasteiger partial charge in [0.15, 0.2) is 0 Å². The number of carbonyl (C=O) groups excluding carboxylic acids is 2. The van der Waals surface area contributed by atoms with E-state index in [0.717, 1.165) is 15.4 Å². The number of rotatable bonds is 11. The van der Waals surface area contributed by atoms with Crippen molar-refractivity contribution in [3.05, 3.63) is 95.0 Å². The van der Waals surface area contributed by atoms with E-state index in [1.54, 1.807) is 30.3 Å². The maximum Gasteiger partial charge on any atom is 0.264 e. The lowest BCUT2D eigenvalue weighted by molar-refractivity contribution is -0.140. The molecule has 202 valence electrons. The first-order valence-electron chi connectivity index (χ1n) is 12.5. The van der Waals surface area contributed by atoms with Gasteiger partial charge in [0.2, 0.25) is 11.8 Å². The molecule has 0 heterocycles. The zero-order valence-electron chi connectivity index (χ0n) is 22.1. The summed E-state index contributed by atoms with van der Waals surface area (Å²) >= 11 is 6.35. The molecule has 0 aliphatic rings. The molecule has 3 rings (SSSR count). The summed E-state index contributed by atoms with van der Waals surface area (Å²) < 4.78 is 28.7. The van der Waals surface area contributed by atoms with Gasteiger partial charge in [0.1, 0.15) is 12.6 Å². The van der Waals surface area contributed by atoms with Crippen molar-refractivity contribution in [3.63, 3.8) is 0 Å². The van der Waals surface area contributed by atoms with E-state index < -0.39 is 28.5 Å². The molecule has 0 saturated carbocycles. The van der Waals surface area contributed by atoms with Crippen molar-refractivity contribution in [2.24, 2.45) is 0 Å². The van der Waals surface area contributed by atoms with Gasteiger partial charge in [-0.1, -0.05) is 73.1 Å². The summed E-state index contributed by atoms with van der Waals surface area (Å²) in [6.45, 7) is 6.99. The molecule has 3 aromatic carbocycles. The molecule has 1 N–H and O–H groups in total. The number of nitrogens with one attached hydrogen (secondary N) is 1. The third kappa shape index (κ3) is 7.14. The first-order valence-corrected chi connectivity index (χ1v) is 14.3. The third-order valence-electron chi connectivity index (χ3n) is 6.07. The van der Waals surface area contributed by atoms with E-state index in [0.29, 0.717) is 11.4 Å². The van der Waals surface area contributed by atoms with Crippen molar-refractivity contribution < 1.29 is 18.0 Å². The Morgan fingerprint density at radius 2 is 1.55 bits per heavy atom. The van der Waals surface area contributed by atoms with Crippen LogP contribution in [0.2, 0.25) is 5.02 Å². The van der Waals surface area contributed by atoms with E-state index in [4.69, 9.17) is 11.6 Å². The molecule has 0 unspecified atom stereocenters. The number of aryl methyl sites for hydroxylation is 1. The molecule has 38 heavy (non-hydrogen) atoms. The topological polar surface area (TPSA) is 86.8 Å². The smallest absolute Gasteiger partial charge is 0.264 e. The Balaban J connectivity index is 2.06. The zero-order chi connectivity index (χ0) is 27.9. The van der Waals surface area contributed by atoms with Crippen LogP contribution in [-0.2, 0) is 26.2 Å². The van der Waals surface area contributed by atoms with E-state index in [-0.39, 0.29) is 29.1 Å². The van der Waals surface area contributed by atoms with Crippen LogP contribution in [-0.4, -0.2) is 43.8 Å². The molecular weight excluding hydrogens is 522 g/mol. The Labute approximate surface area is 230 Å². The number of amides is 2. The van der Waals surface area contributed by atoms with E-state index >= 15 is 0 Å². The van der Waals surface area contributed by atoms with E-state index in [9.17, 15) is 18.0 Å². The van der Waals surface area contributed by atoms with Crippen molar-refractivity contribution in [2.75, 3.05) is 10.8 Å². The largest absolute Gasteiger partial charge is 0.352 e. The first kappa shape index (κ1) is 29.2. The van der Waals surface area contributed by atoms with Crippen LogP contribution in [0.4, 0.5) is 5.69 Å². The SMILES string of the molecule is CC[C@H](C(=O)NC(C)C)N(Cc1ccccc1)C(=O)CN(c1ccc(C)c(Cl)c1)S(=O)(=O)c1ccccc1. The van der Waals surface area contributed by atoms with Gasteiger partial charge >= 0.3 is 0 Å². The Morgan fingerprint density at radius 1 is 0.947 bits per heavy atom. The first-order chi connectivity index (χ1) is 18.0. The molecule has 0 radical (unpaired) electrons. The maximum atomic E-state index is 14.0. The molecule has 0 saturated heterocycles. The minimum Gasteiger partial charge on any atom is -0.352 e. The van der Waals surface area contributed by atoms with Crippen LogP contribution in [0, 0.1) is 6.92 Å². The lowest BCUT2D eigenvalue weighted by atomic mass is 10.1. The van der Waals surface area contributed by atoms with E-state index in [1.807, 2.05) is 58.0 Å². The molecule has 2 amide bonds. The number of benzene rings is 3. The summed E-state index contributed by atoms with van der Waals surface area (Å²) in [4.78, 5) is 28.6. The van der Waals surface area contributed by atoms with Crippen LogP contribution in [0.3, 0.4) is 0 Å². The number of halogens is 1. The summed E-state index contributed by atoms with van der Waals surface area (Å²) in [5.74, 6) is -0.793. The second kappa shape index (κ2) is 12.9. The van der Waals surface area contributed by atoms with E-state index in [2.05, 4.69) is 5.32 Å².